The lowest BCUT2D eigenvalue weighted by Crippen LogP contribution is -2.13. The molecule has 8 heteroatoms. The van der Waals surface area contributed by atoms with Crippen LogP contribution in [0.5, 0.6) is 0 Å². The van der Waals surface area contributed by atoms with Crippen LogP contribution >= 0.6 is 0 Å². The average molecular weight is 276 g/mol. The Morgan fingerprint density at radius 1 is 1.55 bits per heavy atom. The minimum Gasteiger partial charge on any atom is -0.406 e. The molecule has 0 radical (unpaired) electrons. The molecule has 2 aromatic heterocycles. The smallest absolute Gasteiger partial charge is 0.322 e. The molecule has 0 spiro atoms. The summed E-state index contributed by atoms with van der Waals surface area (Å²) in [7, 11) is 1.78. The van der Waals surface area contributed by atoms with Crippen molar-refractivity contribution in [1.29, 1.82) is 0 Å². The Morgan fingerprint density at radius 3 is 3.05 bits per heavy atom. The summed E-state index contributed by atoms with van der Waals surface area (Å²) in [5.41, 5.74) is 1.27. The van der Waals surface area contributed by atoms with Crippen LogP contribution in [0.2, 0.25) is 0 Å². The van der Waals surface area contributed by atoms with Gasteiger partial charge in [0.1, 0.15) is 0 Å². The van der Waals surface area contributed by atoms with Gasteiger partial charge < -0.3 is 9.73 Å². The lowest BCUT2D eigenvalue weighted by atomic mass is 10.2. The zero-order valence-electron chi connectivity index (χ0n) is 11.4. The van der Waals surface area contributed by atoms with Gasteiger partial charge in [0.05, 0.1) is 17.8 Å². The first-order valence-electron chi connectivity index (χ1n) is 6.52. The topological polar surface area (TPSA) is 97.9 Å². The number of aromatic nitrogens is 4. The molecule has 106 valence electrons. The number of carbonyl (C=O) groups is 1. The molecule has 3 rings (SSSR count). The van der Waals surface area contributed by atoms with E-state index in [1.54, 1.807) is 11.7 Å². The van der Waals surface area contributed by atoms with E-state index in [0.717, 1.165) is 25.1 Å². The highest BCUT2D eigenvalue weighted by Crippen LogP contribution is 2.23. The monoisotopic (exact) mass is 276 g/mol. The molecule has 20 heavy (non-hydrogen) atoms. The number of aryl methyl sites for hydroxylation is 1. The Morgan fingerprint density at radius 2 is 2.40 bits per heavy atom. The van der Waals surface area contributed by atoms with Crippen LogP contribution in [0.3, 0.4) is 0 Å². The Hall–Kier alpha value is -2.22. The van der Waals surface area contributed by atoms with Gasteiger partial charge in [0.25, 0.3) is 5.91 Å². The summed E-state index contributed by atoms with van der Waals surface area (Å²) in [6, 6.07) is 0.204. The molecule has 3 heterocycles. The number of anilines is 1. The summed E-state index contributed by atoms with van der Waals surface area (Å²) in [6.07, 6.45) is 3.57. The van der Waals surface area contributed by atoms with Crippen LogP contribution in [0.1, 0.15) is 40.8 Å². The molecule has 1 aliphatic heterocycles. The SMILES string of the molecule is Cc1c(C(=O)Nc2nnc(C3CCCN3)o2)cnn1C. The summed E-state index contributed by atoms with van der Waals surface area (Å²) < 4.78 is 7.10. The Labute approximate surface area is 115 Å². The molecule has 1 fully saturated rings. The molecule has 2 N–H and O–H groups in total. The van der Waals surface area contributed by atoms with E-state index >= 15 is 0 Å². The summed E-state index contributed by atoms with van der Waals surface area (Å²) in [6.45, 7) is 2.77. The minimum absolute atomic E-state index is 0.0910. The fourth-order valence-corrected chi connectivity index (χ4v) is 2.21. The summed E-state index contributed by atoms with van der Waals surface area (Å²) in [5.74, 6) is 0.214. The first kappa shape index (κ1) is 12.8. The number of hydrogen-bond donors (Lipinski definition) is 2. The first-order valence-corrected chi connectivity index (χ1v) is 6.52. The van der Waals surface area contributed by atoms with Crippen molar-refractivity contribution in [2.24, 2.45) is 7.05 Å². The van der Waals surface area contributed by atoms with Gasteiger partial charge in [-0.2, -0.15) is 5.10 Å². The van der Waals surface area contributed by atoms with Crippen molar-refractivity contribution >= 4 is 11.9 Å². The Balaban J connectivity index is 1.71. The minimum atomic E-state index is -0.301. The van der Waals surface area contributed by atoms with Crippen molar-refractivity contribution in [1.82, 2.24) is 25.3 Å². The van der Waals surface area contributed by atoms with Crippen molar-refractivity contribution in [3.05, 3.63) is 23.3 Å². The average Bonchev–Trinajstić information content (AvgIpc) is 3.12. The molecule has 1 atom stereocenters. The molecule has 1 aliphatic rings. The van der Waals surface area contributed by atoms with E-state index in [9.17, 15) is 4.79 Å². The van der Waals surface area contributed by atoms with Crippen LogP contribution in [-0.2, 0) is 7.05 Å². The third-order valence-corrected chi connectivity index (χ3v) is 3.50. The summed E-state index contributed by atoms with van der Waals surface area (Å²) >= 11 is 0. The quantitative estimate of drug-likeness (QED) is 0.860. The Bertz CT molecular complexity index is 626. The first-order chi connectivity index (χ1) is 9.65. The van der Waals surface area contributed by atoms with E-state index < -0.39 is 0 Å². The predicted molar refractivity (Wildman–Crippen MR) is 70.2 cm³/mol. The number of nitrogens with zero attached hydrogens (tertiary/aromatic N) is 4. The van der Waals surface area contributed by atoms with Crippen LogP contribution in [-0.4, -0.2) is 32.4 Å². The van der Waals surface area contributed by atoms with E-state index in [-0.39, 0.29) is 18.0 Å². The molecule has 0 saturated carbocycles. The molecular formula is C12H16N6O2. The van der Waals surface area contributed by atoms with Gasteiger partial charge in [0.15, 0.2) is 0 Å². The molecule has 0 aromatic carbocycles. The lowest BCUT2D eigenvalue weighted by Gasteiger charge is -2.02. The highest BCUT2D eigenvalue weighted by atomic mass is 16.4. The molecule has 0 bridgehead atoms. The van der Waals surface area contributed by atoms with Crippen molar-refractivity contribution in [2.75, 3.05) is 11.9 Å². The fourth-order valence-electron chi connectivity index (χ4n) is 2.21. The largest absolute Gasteiger partial charge is 0.406 e. The van der Waals surface area contributed by atoms with Crippen molar-refractivity contribution in [3.63, 3.8) is 0 Å². The van der Waals surface area contributed by atoms with Gasteiger partial charge in [-0.1, -0.05) is 5.10 Å². The summed E-state index contributed by atoms with van der Waals surface area (Å²) in [5, 5.41) is 17.7. The second kappa shape index (κ2) is 5.04. The molecule has 1 unspecified atom stereocenters. The van der Waals surface area contributed by atoms with Gasteiger partial charge in [0.2, 0.25) is 5.89 Å². The van der Waals surface area contributed by atoms with Crippen LogP contribution in [0.4, 0.5) is 6.01 Å². The third kappa shape index (κ3) is 2.29. The van der Waals surface area contributed by atoms with Crippen LogP contribution in [0.25, 0.3) is 0 Å². The van der Waals surface area contributed by atoms with Gasteiger partial charge in [-0.05, 0) is 26.3 Å². The maximum Gasteiger partial charge on any atom is 0.322 e. The second-order valence-corrected chi connectivity index (χ2v) is 4.82. The molecule has 8 nitrogen and oxygen atoms in total. The zero-order valence-corrected chi connectivity index (χ0v) is 11.4. The predicted octanol–water partition coefficient (Wildman–Crippen LogP) is 0.788. The molecule has 1 amide bonds. The number of amides is 1. The van der Waals surface area contributed by atoms with Gasteiger partial charge in [-0.3, -0.25) is 14.8 Å². The van der Waals surface area contributed by atoms with Crippen molar-refractivity contribution in [2.45, 2.75) is 25.8 Å². The van der Waals surface area contributed by atoms with Gasteiger partial charge in [0, 0.05) is 12.7 Å². The summed E-state index contributed by atoms with van der Waals surface area (Å²) in [4.78, 5) is 12.1. The van der Waals surface area contributed by atoms with Crippen molar-refractivity contribution < 1.29 is 9.21 Å². The highest BCUT2D eigenvalue weighted by Gasteiger charge is 2.23. The van der Waals surface area contributed by atoms with Crippen LogP contribution in [0, 0.1) is 6.92 Å². The maximum absolute atomic E-state index is 12.1. The normalized spacial score (nSPS) is 18.4. The van der Waals surface area contributed by atoms with E-state index in [1.807, 2.05) is 6.92 Å². The third-order valence-electron chi connectivity index (χ3n) is 3.50. The van der Waals surface area contributed by atoms with E-state index in [2.05, 4.69) is 25.9 Å². The number of hydrogen-bond acceptors (Lipinski definition) is 6. The maximum atomic E-state index is 12.1. The second-order valence-electron chi connectivity index (χ2n) is 4.82. The van der Waals surface area contributed by atoms with Gasteiger partial charge in [-0.15, -0.1) is 5.10 Å². The molecule has 1 saturated heterocycles. The Kier molecular flexibility index (Phi) is 3.23. The number of rotatable bonds is 3. The number of nitrogens with one attached hydrogen (secondary N) is 2. The van der Waals surface area contributed by atoms with Gasteiger partial charge in [-0.25, -0.2) is 0 Å². The zero-order chi connectivity index (χ0) is 14.1. The number of carbonyl (C=O) groups excluding carboxylic acids is 1. The highest BCUT2D eigenvalue weighted by molar-refractivity contribution is 6.03. The lowest BCUT2D eigenvalue weighted by molar-refractivity contribution is 0.102. The van der Waals surface area contributed by atoms with E-state index in [4.69, 9.17) is 4.42 Å². The molecule has 0 aliphatic carbocycles. The molecule has 2 aromatic rings. The van der Waals surface area contributed by atoms with E-state index in [1.165, 1.54) is 6.20 Å². The van der Waals surface area contributed by atoms with Crippen LogP contribution in [0.15, 0.2) is 10.6 Å². The van der Waals surface area contributed by atoms with E-state index in [0.29, 0.717) is 11.5 Å². The van der Waals surface area contributed by atoms with Gasteiger partial charge >= 0.3 is 6.01 Å². The molecular weight excluding hydrogens is 260 g/mol. The fraction of sp³-hybridized carbons (Fsp3) is 0.500. The van der Waals surface area contributed by atoms with Crippen molar-refractivity contribution in [3.8, 4) is 0 Å². The van der Waals surface area contributed by atoms with Crippen LogP contribution < -0.4 is 10.6 Å². The standard InChI is InChI=1S/C12H16N6O2/c1-7-8(6-14-18(7)2)10(19)15-12-17-16-11(20-12)9-4-3-5-13-9/h6,9,13H,3-5H2,1-2H3,(H,15,17,19).